The van der Waals surface area contributed by atoms with Crippen LogP contribution in [0, 0.1) is 5.82 Å². The van der Waals surface area contributed by atoms with Crippen molar-refractivity contribution in [3.8, 4) is 0 Å². The monoisotopic (exact) mass is 325 g/mol. The standard InChI is InChI=1S/C19H20FN3O/c20-15-6-7-16-17(12-15)22-19(18(24)21-16)8-10-23(11-9-19)13-14-4-2-1-3-5-14/h1-7,12,22H,8-11,13H2,(H,21,24). The second-order valence-electron chi connectivity index (χ2n) is 6.61. The number of carbonyl (C=O) groups is 1. The van der Waals surface area contributed by atoms with Crippen LogP contribution in [0.3, 0.4) is 0 Å². The number of likely N-dealkylation sites (tertiary alicyclic amines) is 1. The molecule has 2 aromatic carbocycles. The van der Waals surface area contributed by atoms with E-state index in [9.17, 15) is 9.18 Å². The van der Waals surface area contributed by atoms with Crippen LogP contribution in [0.15, 0.2) is 48.5 Å². The molecule has 2 aliphatic heterocycles. The zero-order valence-electron chi connectivity index (χ0n) is 13.4. The van der Waals surface area contributed by atoms with Gasteiger partial charge >= 0.3 is 0 Å². The zero-order chi connectivity index (χ0) is 16.6. The molecule has 1 saturated heterocycles. The van der Waals surface area contributed by atoms with Gasteiger partial charge in [0, 0.05) is 19.6 Å². The van der Waals surface area contributed by atoms with E-state index in [1.165, 1.54) is 17.7 Å². The van der Waals surface area contributed by atoms with Crippen molar-refractivity contribution < 1.29 is 9.18 Å². The van der Waals surface area contributed by atoms with Crippen LogP contribution in [0.4, 0.5) is 15.8 Å². The van der Waals surface area contributed by atoms with Gasteiger partial charge in [-0.05, 0) is 36.6 Å². The molecule has 0 unspecified atom stereocenters. The molecule has 1 spiro atoms. The Morgan fingerprint density at radius 2 is 1.79 bits per heavy atom. The first kappa shape index (κ1) is 15.1. The maximum Gasteiger partial charge on any atom is 0.250 e. The summed E-state index contributed by atoms with van der Waals surface area (Å²) in [6.07, 6.45) is 1.42. The van der Waals surface area contributed by atoms with Crippen LogP contribution in [-0.2, 0) is 11.3 Å². The number of amides is 1. The van der Waals surface area contributed by atoms with Crippen LogP contribution in [0.5, 0.6) is 0 Å². The molecule has 2 N–H and O–H groups in total. The van der Waals surface area contributed by atoms with E-state index in [4.69, 9.17) is 0 Å². The summed E-state index contributed by atoms with van der Waals surface area (Å²) in [5.41, 5.74) is 1.97. The lowest BCUT2D eigenvalue weighted by Crippen LogP contribution is -2.58. The van der Waals surface area contributed by atoms with Crippen molar-refractivity contribution in [2.75, 3.05) is 23.7 Å². The van der Waals surface area contributed by atoms with E-state index in [2.05, 4.69) is 27.7 Å². The van der Waals surface area contributed by atoms with Crippen LogP contribution < -0.4 is 10.6 Å². The first-order chi connectivity index (χ1) is 11.6. The summed E-state index contributed by atoms with van der Waals surface area (Å²) in [5.74, 6) is -0.310. The molecule has 4 nitrogen and oxygen atoms in total. The van der Waals surface area contributed by atoms with E-state index in [-0.39, 0.29) is 11.7 Å². The molecule has 2 aromatic rings. The van der Waals surface area contributed by atoms with Crippen molar-refractivity contribution in [3.05, 3.63) is 59.9 Å². The van der Waals surface area contributed by atoms with Gasteiger partial charge in [0.1, 0.15) is 11.4 Å². The summed E-state index contributed by atoms with van der Waals surface area (Å²) in [4.78, 5) is 15.0. The largest absolute Gasteiger partial charge is 0.369 e. The van der Waals surface area contributed by atoms with Crippen LogP contribution in [0.1, 0.15) is 18.4 Å². The minimum absolute atomic E-state index is 0.0130. The second-order valence-corrected chi connectivity index (χ2v) is 6.61. The molecule has 4 rings (SSSR count). The Hall–Kier alpha value is -2.40. The Bertz CT molecular complexity index is 754. The normalized spacial score (nSPS) is 19.5. The summed E-state index contributed by atoms with van der Waals surface area (Å²) >= 11 is 0. The highest BCUT2D eigenvalue weighted by Gasteiger charge is 2.44. The molecular formula is C19H20FN3O. The molecule has 0 radical (unpaired) electrons. The van der Waals surface area contributed by atoms with Crippen LogP contribution >= 0.6 is 0 Å². The lowest BCUT2D eigenvalue weighted by Gasteiger charge is -2.44. The number of fused-ring (bicyclic) bond motifs is 1. The van der Waals surface area contributed by atoms with Gasteiger partial charge in [-0.2, -0.15) is 0 Å². The maximum absolute atomic E-state index is 13.5. The highest BCUT2D eigenvalue weighted by Crippen LogP contribution is 2.37. The summed E-state index contributed by atoms with van der Waals surface area (Å²) in [6.45, 7) is 2.56. The second kappa shape index (κ2) is 5.91. The van der Waals surface area contributed by atoms with Gasteiger partial charge in [-0.25, -0.2) is 4.39 Å². The van der Waals surface area contributed by atoms with Gasteiger partial charge in [-0.1, -0.05) is 30.3 Å². The van der Waals surface area contributed by atoms with Gasteiger partial charge in [-0.3, -0.25) is 9.69 Å². The molecule has 24 heavy (non-hydrogen) atoms. The van der Waals surface area contributed by atoms with Crippen LogP contribution in [0.25, 0.3) is 0 Å². The predicted octanol–water partition coefficient (Wildman–Crippen LogP) is 3.22. The highest BCUT2D eigenvalue weighted by molar-refractivity contribution is 6.06. The minimum atomic E-state index is -0.631. The van der Waals surface area contributed by atoms with Gasteiger partial charge < -0.3 is 10.6 Å². The van der Waals surface area contributed by atoms with Gasteiger partial charge in [0.25, 0.3) is 0 Å². The van der Waals surface area contributed by atoms with Crippen molar-refractivity contribution in [2.45, 2.75) is 24.9 Å². The Balaban J connectivity index is 1.47. The number of anilines is 2. The number of piperidine rings is 1. The number of hydrogen-bond acceptors (Lipinski definition) is 3. The smallest absolute Gasteiger partial charge is 0.250 e. The molecule has 1 fully saturated rings. The SMILES string of the molecule is O=C1Nc2ccc(F)cc2NC12CCN(Cc1ccccc1)CC2. The predicted molar refractivity (Wildman–Crippen MR) is 92.3 cm³/mol. The summed E-state index contributed by atoms with van der Waals surface area (Å²) in [7, 11) is 0. The molecule has 2 aliphatic rings. The van der Waals surface area contributed by atoms with Crippen molar-refractivity contribution in [1.82, 2.24) is 4.90 Å². The number of nitrogens with one attached hydrogen (secondary N) is 2. The van der Waals surface area contributed by atoms with Crippen LogP contribution in [-0.4, -0.2) is 29.4 Å². The third-order valence-corrected chi connectivity index (χ3v) is 5.00. The molecule has 2 heterocycles. The summed E-state index contributed by atoms with van der Waals surface area (Å²) in [6, 6.07) is 14.8. The van der Waals surface area contributed by atoms with Crippen LogP contribution in [0.2, 0.25) is 0 Å². The summed E-state index contributed by atoms with van der Waals surface area (Å²) in [5, 5.41) is 6.23. The molecule has 0 bridgehead atoms. The average molecular weight is 325 g/mol. The molecule has 0 saturated carbocycles. The van der Waals surface area contributed by atoms with E-state index in [0.717, 1.165) is 19.6 Å². The van der Waals surface area contributed by atoms with E-state index >= 15 is 0 Å². The highest BCUT2D eigenvalue weighted by atomic mass is 19.1. The quantitative estimate of drug-likeness (QED) is 0.891. The molecule has 124 valence electrons. The van der Waals surface area contributed by atoms with Gasteiger partial charge in [0.2, 0.25) is 5.91 Å². The molecule has 5 heteroatoms. The third kappa shape index (κ3) is 2.76. The lowest BCUT2D eigenvalue weighted by molar-refractivity contribution is -0.122. The van der Waals surface area contributed by atoms with Gasteiger partial charge in [0.05, 0.1) is 11.4 Å². The molecular weight excluding hydrogens is 305 g/mol. The Labute approximate surface area is 140 Å². The number of rotatable bonds is 2. The van der Waals surface area contributed by atoms with Gasteiger partial charge in [0.15, 0.2) is 0 Å². The number of hydrogen-bond donors (Lipinski definition) is 2. The third-order valence-electron chi connectivity index (χ3n) is 5.00. The summed E-state index contributed by atoms with van der Waals surface area (Å²) < 4.78 is 13.5. The van der Waals surface area contributed by atoms with Crippen molar-refractivity contribution in [2.24, 2.45) is 0 Å². The van der Waals surface area contributed by atoms with E-state index in [1.54, 1.807) is 6.07 Å². The number of nitrogens with zero attached hydrogens (tertiary/aromatic N) is 1. The van der Waals surface area contributed by atoms with Crippen molar-refractivity contribution >= 4 is 17.3 Å². The maximum atomic E-state index is 13.5. The topological polar surface area (TPSA) is 44.4 Å². The van der Waals surface area contributed by atoms with E-state index < -0.39 is 5.54 Å². The number of carbonyl (C=O) groups excluding carboxylic acids is 1. The molecule has 0 aliphatic carbocycles. The van der Waals surface area contributed by atoms with E-state index in [1.807, 2.05) is 18.2 Å². The zero-order valence-corrected chi connectivity index (χ0v) is 13.4. The fraction of sp³-hybridized carbons (Fsp3) is 0.316. The molecule has 0 atom stereocenters. The first-order valence-electron chi connectivity index (χ1n) is 8.30. The van der Waals surface area contributed by atoms with E-state index in [0.29, 0.717) is 24.2 Å². The lowest BCUT2D eigenvalue weighted by atomic mass is 9.84. The van der Waals surface area contributed by atoms with Crippen molar-refractivity contribution in [3.63, 3.8) is 0 Å². The molecule has 1 amide bonds. The van der Waals surface area contributed by atoms with Crippen molar-refractivity contribution in [1.29, 1.82) is 0 Å². The number of halogens is 1. The minimum Gasteiger partial charge on any atom is -0.369 e. The molecule has 0 aromatic heterocycles. The average Bonchev–Trinajstić information content (AvgIpc) is 2.59. The fourth-order valence-electron chi connectivity index (χ4n) is 3.57. The fourth-order valence-corrected chi connectivity index (χ4v) is 3.57. The number of benzene rings is 2. The Morgan fingerprint density at radius 3 is 2.54 bits per heavy atom. The Morgan fingerprint density at radius 1 is 1.04 bits per heavy atom. The van der Waals surface area contributed by atoms with Gasteiger partial charge in [-0.15, -0.1) is 0 Å². The first-order valence-corrected chi connectivity index (χ1v) is 8.30. The Kier molecular flexibility index (Phi) is 3.73.